The minimum absolute atomic E-state index is 0.442. The first kappa shape index (κ1) is 20.0. The summed E-state index contributed by atoms with van der Waals surface area (Å²) in [4.78, 5) is 6.68. The van der Waals surface area contributed by atoms with Gasteiger partial charge in [0.15, 0.2) is 0 Å². The lowest BCUT2D eigenvalue weighted by atomic mass is 10.00. The normalized spacial score (nSPS) is 11.8. The number of hydrogen-bond donors (Lipinski definition) is 1. The average Bonchev–Trinajstić information content (AvgIpc) is 2.70. The minimum atomic E-state index is -4.42. The molecule has 154 valence electrons. The van der Waals surface area contributed by atoms with E-state index >= 15 is 0 Å². The summed E-state index contributed by atoms with van der Waals surface area (Å²) in [6, 6.07) is 15.4. The standard InChI is InChI=1S/C24H22F3N3/c1-14-5-11-19-22(15(14)2)29-21-12-6-16(24(25,26)27)13-20(21)23(19)28-17-7-9-18(10-8-17)30(3)4/h5-13H,1-4H3,(H,28,29). The summed E-state index contributed by atoms with van der Waals surface area (Å²) in [7, 11) is 3.91. The van der Waals surface area contributed by atoms with Gasteiger partial charge in [-0.05, 0) is 67.4 Å². The van der Waals surface area contributed by atoms with Gasteiger partial charge < -0.3 is 10.2 Å². The van der Waals surface area contributed by atoms with Crippen molar-refractivity contribution in [3.8, 4) is 0 Å². The molecule has 30 heavy (non-hydrogen) atoms. The van der Waals surface area contributed by atoms with Crippen LogP contribution in [0, 0.1) is 13.8 Å². The predicted molar refractivity (Wildman–Crippen MR) is 118 cm³/mol. The third-order valence-corrected chi connectivity index (χ3v) is 5.45. The van der Waals surface area contributed by atoms with Crippen molar-refractivity contribution in [2.45, 2.75) is 20.0 Å². The summed E-state index contributed by atoms with van der Waals surface area (Å²) >= 11 is 0. The topological polar surface area (TPSA) is 28.2 Å². The van der Waals surface area contributed by atoms with E-state index in [0.29, 0.717) is 16.6 Å². The zero-order valence-corrected chi connectivity index (χ0v) is 17.2. The molecular formula is C24H22F3N3. The molecule has 6 heteroatoms. The number of rotatable bonds is 3. The van der Waals surface area contributed by atoms with Gasteiger partial charge >= 0.3 is 6.18 Å². The van der Waals surface area contributed by atoms with Gasteiger partial charge in [0, 0.05) is 36.2 Å². The summed E-state index contributed by atoms with van der Waals surface area (Å²) in [6.07, 6.45) is -4.42. The molecule has 3 aromatic carbocycles. The van der Waals surface area contributed by atoms with E-state index in [4.69, 9.17) is 0 Å². The Kier molecular flexibility index (Phi) is 4.80. The van der Waals surface area contributed by atoms with Gasteiger partial charge in [-0.25, -0.2) is 4.98 Å². The second-order valence-corrected chi connectivity index (χ2v) is 7.69. The maximum atomic E-state index is 13.4. The van der Waals surface area contributed by atoms with E-state index in [1.807, 2.05) is 69.2 Å². The number of nitrogens with zero attached hydrogens (tertiary/aromatic N) is 2. The van der Waals surface area contributed by atoms with Gasteiger partial charge in [-0.3, -0.25) is 0 Å². The third-order valence-electron chi connectivity index (χ3n) is 5.45. The van der Waals surface area contributed by atoms with E-state index in [0.717, 1.165) is 39.5 Å². The number of anilines is 3. The molecule has 3 nitrogen and oxygen atoms in total. The molecule has 4 aromatic rings. The average molecular weight is 409 g/mol. The molecule has 0 aliphatic carbocycles. The number of aromatic nitrogens is 1. The van der Waals surface area contributed by atoms with Crippen molar-refractivity contribution >= 4 is 38.9 Å². The fourth-order valence-electron chi connectivity index (χ4n) is 3.54. The number of alkyl halides is 3. The second kappa shape index (κ2) is 7.20. The van der Waals surface area contributed by atoms with Crippen molar-refractivity contribution in [3.63, 3.8) is 0 Å². The first-order valence-electron chi connectivity index (χ1n) is 9.60. The SMILES string of the molecule is Cc1ccc2c(Nc3ccc(N(C)C)cc3)c3cc(C(F)(F)F)ccc3nc2c1C. The molecule has 0 radical (unpaired) electrons. The maximum Gasteiger partial charge on any atom is 0.416 e. The number of hydrogen-bond acceptors (Lipinski definition) is 3. The van der Waals surface area contributed by atoms with Crippen LogP contribution >= 0.6 is 0 Å². The summed E-state index contributed by atoms with van der Waals surface area (Å²) in [5.74, 6) is 0. The van der Waals surface area contributed by atoms with Crippen LogP contribution in [0.15, 0.2) is 54.6 Å². The fourth-order valence-corrected chi connectivity index (χ4v) is 3.54. The quantitative estimate of drug-likeness (QED) is 0.376. The monoisotopic (exact) mass is 409 g/mol. The van der Waals surface area contributed by atoms with Crippen molar-refractivity contribution < 1.29 is 13.2 Å². The maximum absolute atomic E-state index is 13.4. The smallest absolute Gasteiger partial charge is 0.378 e. The zero-order chi connectivity index (χ0) is 21.6. The highest BCUT2D eigenvalue weighted by atomic mass is 19.4. The highest BCUT2D eigenvalue weighted by Gasteiger charge is 2.31. The molecule has 1 aromatic heterocycles. The van der Waals surface area contributed by atoms with E-state index in [-0.39, 0.29) is 0 Å². The van der Waals surface area contributed by atoms with Gasteiger partial charge in [-0.2, -0.15) is 13.2 Å². The van der Waals surface area contributed by atoms with Crippen LogP contribution in [0.1, 0.15) is 16.7 Å². The van der Waals surface area contributed by atoms with Crippen molar-refractivity contribution in [1.29, 1.82) is 0 Å². The van der Waals surface area contributed by atoms with Crippen molar-refractivity contribution in [2.75, 3.05) is 24.3 Å². The molecule has 0 aliphatic rings. The molecule has 1 heterocycles. The Labute approximate surface area is 173 Å². The van der Waals surface area contributed by atoms with Crippen LogP contribution in [0.25, 0.3) is 21.8 Å². The fraction of sp³-hybridized carbons (Fsp3) is 0.208. The number of fused-ring (bicyclic) bond motifs is 2. The van der Waals surface area contributed by atoms with Crippen molar-refractivity contribution in [2.24, 2.45) is 0 Å². The predicted octanol–water partition coefficient (Wildman–Crippen LogP) is 6.83. The summed E-state index contributed by atoms with van der Waals surface area (Å²) in [6.45, 7) is 3.98. The minimum Gasteiger partial charge on any atom is -0.378 e. The number of aryl methyl sites for hydroxylation is 2. The Morgan fingerprint density at radius 2 is 1.57 bits per heavy atom. The first-order chi connectivity index (χ1) is 14.1. The number of nitrogens with one attached hydrogen (secondary N) is 1. The van der Waals surface area contributed by atoms with Crippen LogP contribution in [0.5, 0.6) is 0 Å². The molecule has 0 unspecified atom stereocenters. The van der Waals surface area contributed by atoms with Gasteiger partial charge in [0.05, 0.1) is 22.3 Å². The number of pyridine rings is 1. The highest BCUT2D eigenvalue weighted by molar-refractivity contribution is 6.09. The van der Waals surface area contributed by atoms with Gasteiger partial charge in [0.2, 0.25) is 0 Å². The highest BCUT2D eigenvalue weighted by Crippen LogP contribution is 2.38. The second-order valence-electron chi connectivity index (χ2n) is 7.69. The van der Waals surface area contributed by atoms with E-state index in [2.05, 4.69) is 10.3 Å². The van der Waals surface area contributed by atoms with Crippen LogP contribution in [0.3, 0.4) is 0 Å². The van der Waals surface area contributed by atoms with Crippen LogP contribution in [0.2, 0.25) is 0 Å². The Morgan fingerprint density at radius 1 is 0.867 bits per heavy atom. The van der Waals surface area contributed by atoms with E-state index in [1.54, 1.807) is 0 Å². The third kappa shape index (κ3) is 3.54. The van der Waals surface area contributed by atoms with Crippen LogP contribution in [0.4, 0.5) is 30.2 Å². The van der Waals surface area contributed by atoms with Gasteiger partial charge in [-0.15, -0.1) is 0 Å². The van der Waals surface area contributed by atoms with Gasteiger partial charge in [0.1, 0.15) is 0 Å². The first-order valence-corrected chi connectivity index (χ1v) is 9.60. The molecule has 0 saturated carbocycles. The van der Waals surface area contributed by atoms with Gasteiger partial charge in [0.25, 0.3) is 0 Å². The molecule has 0 fully saturated rings. The van der Waals surface area contributed by atoms with E-state index in [1.165, 1.54) is 12.1 Å². The molecule has 1 N–H and O–H groups in total. The van der Waals surface area contributed by atoms with Crippen LogP contribution < -0.4 is 10.2 Å². The lowest BCUT2D eigenvalue weighted by Crippen LogP contribution is -2.08. The van der Waals surface area contributed by atoms with Gasteiger partial charge in [-0.1, -0.05) is 12.1 Å². The number of halogens is 3. The zero-order valence-electron chi connectivity index (χ0n) is 17.2. The molecule has 0 atom stereocenters. The Balaban J connectivity index is 1.97. The van der Waals surface area contributed by atoms with E-state index in [9.17, 15) is 13.2 Å². The lowest BCUT2D eigenvalue weighted by molar-refractivity contribution is -0.137. The summed E-state index contributed by atoms with van der Waals surface area (Å²) in [5, 5.41) is 4.59. The van der Waals surface area contributed by atoms with Crippen molar-refractivity contribution in [1.82, 2.24) is 4.98 Å². The molecule has 4 rings (SSSR count). The molecule has 0 aliphatic heterocycles. The largest absolute Gasteiger partial charge is 0.416 e. The Bertz CT molecular complexity index is 1240. The van der Waals surface area contributed by atoms with Crippen molar-refractivity contribution in [3.05, 3.63) is 71.3 Å². The molecule has 0 saturated heterocycles. The Hall–Kier alpha value is -3.28. The molecule has 0 spiro atoms. The van der Waals surface area contributed by atoms with E-state index < -0.39 is 11.7 Å². The van der Waals surface area contributed by atoms with Crippen LogP contribution in [-0.4, -0.2) is 19.1 Å². The Morgan fingerprint density at radius 3 is 2.20 bits per heavy atom. The summed E-state index contributed by atoms with van der Waals surface area (Å²) in [5.41, 5.74) is 5.18. The summed E-state index contributed by atoms with van der Waals surface area (Å²) < 4.78 is 40.1. The molecular weight excluding hydrogens is 387 g/mol. The van der Waals surface area contributed by atoms with Crippen LogP contribution in [-0.2, 0) is 6.18 Å². The lowest BCUT2D eigenvalue weighted by Gasteiger charge is -2.18. The number of benzene rings is 3. The molecule has 0 bridgehead atoms. The molecule has 0 amide bonds.